The zero-order valence-electron chi connectivity index (χ0n) is 23.6. The van der Waals surface area contributed by atoms with Crippen molar-refractivity contribution in [3.05, 3.63) is 93.3 Å². The fraction of sp³-hybridized carbons (Fsp3) is 0.375. The van der Waals surface area contributed by atoms with Gasteiger partial charge >= 0.3 is 0 Å². The summed E-state index contributed by atoms with van der Waals surface area (Å²) in [6, 6.07) is 9.54. The summed E-state index contributed by atoms with van der Waals surface area (Å²) < 4.78 is 39.6. The molecule has 1 unspecified atom stereocenters. The van der Waals surface area contributed by atoms with Gasteiger partial charge in [-0.05, 0) is 65.4 Å². The van der Waals surface area contributed by atoms with Gasteiger partial charge in [0.05, 0.1) is 54.3 Å². The van der Waals surface area contributed by atoms with Crippen LogP contribution in [0.2, 0.25) is 5.02 Å². The van der Waals surface area contributed by atoms with Crippen LogP contribution in [0.1, 0.15) is 34.0 Å². The highest BCUT2D eigenvalue weighted by Gasteiger charge is 2.51. The first kappa shape index (κ1) is 29.0. The fourth-order valence-electron chi connectivity index (χ4n) is 7.03. The zero-order valence-corrected chi connectivity index (χ0v) is 24.4. The van der Waals surface area contributed by atoms with E-state index in [1.165, 1.54) is 4.90 Å². The highest BCUT2D eigenvalue weighted by atomic mass is 35.5. The van der Waals surface area contributed by atoms with Gasteiger partial charge in [-0.2, -0.15) is 0 Å². The van der Waals surface area contributed by atoms with Crippen LogP contribution in [0.3, 0.4) is 0 Å². The Bertz CT molecular complexity index is 1670. The number of Topliss-reactive ketones (excluding diaryl/α,β-unsaturated/α-hetero) is 1. The van der Waals surface area contributed by atoms with Crippen molar-refractivity contribution >= 4 is 34.9 Å². The minimum atomic E-state index is -1.25. The molecule has 3 aromatic rings. The highest BCUT2D eigenvalue weighted by molar-refractivity contribution is 6.34. The predicted octanol–water partition coefficient (Wildman–Crippen LogP) is 3.07. The molecular weight excluding hydrogens is 594 g/mol. The van der Waals surface area contributed by atoms with E-state index in [2.05, 4.69) is 15.6 Å². The SMILES string of the molecule is O=C(CN1C(=O)C2(COCCOC2)NC[C@H]1c1cc(F)cc(F)c1)Nc1cc2c(cc1Cl)CC1(C2)C(=O)Cc2ncccc21. The molecule has 2 aliphatic carbocycles. The molecule has 12 heteroatoms. The molecule has 3 heterocycles. The third-order valence-corrected chi connectivity index (χ3v) is 9.46. The van der Waals surface area contributed by atoms with Crippen molar-refractivity contribution in [2.45, 2.75) is 36.3 Å². The van der Waals surface area contributed by atoms with Crippen LogP contribution in [0.25, 0.3) is 0 Å². The normalized spacial score (nSPS) is 24.0. The first-order valence-electron chi connectivity index (χ1n) is 14.4. The van der Waals surface area contributed by atoms with Gasteiger partial charge in [-0.25, -0.2) is 8.78 Å². The Balaban J connectivity index is 1.15. The van der Waals surface area contributed by atoms with Gasteiger partial charge in [-0.15, -0.1) is 0 Å². The van der Waals surface area contributed by atoms with Crippen LogP contribution in [0, 0.1) is 11.6 Å². The van der Waals surface area contributed by atoms with E-state index in [4.69, 9.17) is 21.1 Å². The number of ether oxygens (including phenoxy) is 2. The van der Waals surface area contributed by atoms with E-state index in [1.807, 2.05) is 12.1 Å². The average molecular weight is 623 g/mol. The quantitative estimate of drug-likeness (QED) is 0.460. The van der Waals surface area contributed by atoms with E-state index < -0.39 is 47.0 Å². The number of nitrogens with one attached hydrogen (secondary N) is 2. The van der Waals surface area contributed by atoms with Crippen LogP contribution in [-0.4, -0.2) is 72.5 Å². The second kappa shape index (κ2) is 11.0. The summed E-state index contributed by atoms with van der Waals surface area (Å²) in [5.74, 6) is -2.50. The smallest absolute Gasteiger partial charge is 0.248 e. The van der Waals surface area contributed by atoms with Crippen molar-refractivity contribution < 1.29 is 32.6 Å². The van der Waals surface area contributed by atoms with Gasteiger partial charge < -0.3 is 19.7 Å². The lowest BCUT2D eigenvalue weighted by Crippen LogP contribution is -2.69. The van der Waals surface area contributed by atoms with E-state index in [0.717, 1.165) is 40.6 Å². The summed E-state index contributed by atoms with van der Waals surface area (Å²) in [5.41, 5.74) is 2.15. The Morgan fingerprint density at radius 2 is 1.77 bits per heavy atom. The number of fused-ring (bicyclic) bond motifs is 3. The Morgan fingerprint density at radius 3 is 2.50 bits per heavy atom. The van der Waals surface area contributed by atoms with Crippen LogP contribution >= 0.6 is 11.6 Å². The van der Waals surface area contributed by atoms with Gasteiger partial charge in [0.15, 0.2) is 0 Å². The molecule has 2 saturated heterocycles. The number of anilines is 1. The minimum absolute atomic E-state index is 0.0178. The number of pyridine rings is 1. The van der Waals surface area contributed by atoms with Crippen molar-refractivity contribution in [2.75, 3.05) is 44.8 Å². The molecule has 2 aliphatic heterocycles. The molecule has 44 heavy (non-hydrogen) atoms. The van der Waals surface area contributed by atoms with Crippen molar-refractivity contribution in [3.8, 4) is 0 Å². The third kappa shape index (κ3) is 4.88. The Morgan fingerprint density at radius 1 is 1.07 bits per heavy atom. The Hall–Kier alpha value is -3.77. The summed E-state index contributed by atoms with van der Waals surface area (Å²) in [4.78, 5) is 46.4. The molecule has 2 spiro atoms. The Kier molecular flexibility index (Phi) is 7.24. The van der Waals surface area contributed by atoms with Gasteiger partial charge in [0.2, 0.25) is 11.8 Å². The van der Waals surface area contributed by atoms with Gasteiger partial charge in [-0.1, -0.05) is 17.7 Å². The summed E-state index contributed by atoms with van der Waals surface area (Å²) in [6.07, 6.45) is 2.94. The summed E-state index contributed by atoms with van der Waals surface area (Å²) in [6.45, 7) is 0.345. The van der Waals surface area contributed by atoms with Crippen LogP contribution in [-0.2, 0) is 48.5 Å². The minimum Gasteiger partial charge on any atom is -0.376 e. The largest absolute Gasteiger partial charge is 0.376 e. The predicted molar refractivity (Wildman–Crippen MR) is 155 cm³/mol. The maximum absolute atomic E-state index is 14.2. The van der Waals surface area contributed by atoms with Crippen LogP contribution < -0.4 is 10.6 Å². The number of aromatic nitrogens is 1. The van der Waals surface area contributed by atoms with E-state index in [1.54, 1.807) is 18.3 Å². The highest BCUT2D eigenvalue weighted by Crippen LogP contribution is 2.47. The zero-order chi connectivity index (χ0) is 30.6. The molecule has 7 rings (SSSR count). The number of rotatable bonds is 4. The molecule has 2 amide bonds. The molecule has 0 bridgehead atoms. The molecule has 2 atom stereocenters. The lowest BCUT2D eigenvalue weighted by molar-refractivity contribution is -0.151. The first-order chi connectivity index (χ1) is 21.2. The molecule has 2 aromatic carbocycles. The number of nitrogens with zero attached hydrogens (tertiary/aromatic N) is 2. The lowest BCUT2D eigenvalue weighted by atomic mass is 9.78. The maximum atomic E-state index is 14.2. The molecule has 228 valence electrons. The van der Waals surface area contributed by atoms with Gasteiger partial charge in [0.1, 0.15) is 29.5 Å². The van der Waals surface area contributed by atoms with Crippen molar-refractivity contribution in [3.63, 3.8) is 0 Å². The van der Waals surface area contributed by atoms with Crippen molar-refractivity contribution in [1.82, 2.24) is 15.2 Å². The van der Waals surface area contributed by atoms with Crippen molar-refractivity contribution in [2.24, 2.45) is 0 Å². The standard InChI is InChI=1S/C32H29ClF2N4O5/c33-24-8-19-12-31(23-2-1-3-36-25(23)11-28(31)40)13-20(19)9-26(24)38-29(41)15-39-27(18-6-21(34)10-22(35)7-18)14-37-32(30(39)42)16-43-4-5-44-17-32/h1-3,6-10,27,37H,4-5,11-17H2,(H,38,41)/t27-,31?/m0/s1. The number of ketones is 1. The van der Waals surface area contributed by atoms with Crippen molar-refractivity contribution in [1.29, 1.82) is 0 Å². The summed E-state index contributed by atoms with van der Waals surface area (Å²) in [5, 5.41) is 6.28. The molecular formula is C32H29ClF2N4O5. The monoisotopic (exact) mass is 622 g/mol. The lowest BCUT2D eigenvalue weighted by Gasteiger charge is -2.45. The molecule has 9 nitrogen and oxygen atoms in total. The van der Waals surface area contributed by atoms with E-state index in [0.29, 0.717) is 36.8 Å². The van der Waals surface area contributed by atoms with Gasteiger partial charge in [0.25, 0.3) is 0 Å². The number of benzene rings is 2. The number of carbonyl (C=O) groups is 3. The molecule has 0 radical (unpaired) electrons. The van der Waals surface area contributed by atoms with E-state index >= 15 is 0 Å². The molecule has 2 fully saturated rings. The number of halogens is 3. The van der Waals surface area contributed by atoms with Gasteiger partial charge in [-0.3, -0.25) is 24.7 Å². The van der Waals surface area contributed by atoms with E-state index in [-0.39, 0.29) is 37.5 Å². The van der Waals surface area contributed by atoms with Crippen LogP contribution in [0.5, 0.6) is 0 Å². The second-order valence-electron chi connectivity index (χ2n) is 11.9. The Labute approximate surface area is 256 Å². The number of carbonyl (C=O) groups excluding carboxylic acids is 3. The molecule has 4 aliphatic rings. The van der Waals surface area contributed by atoms with Crippen LogP contribution in [0.4, 0.5) is 14.5 Å². The molecule has 0 saturated carbocycles. The first-order valence-corrected chi connectivity index (χ1v) is 14.8. The fourth-order valence-corrected chi connectivity index (χ4v) is 7.27. The second-order valence-corrected chi connectivity index (χ2v) is 12.3. The topological polar surface area (TPSA) is 110 Å². The summed E-state index contributed by atoms with van der Waals surface area (Å²) in [7, 11) is 0. The number of piperazine rings is 1. The summed E-state index contributed by atoms with van der Waals surface area (Å²) >= 11 is 6.63. The molecule has 2 N–H and O–H groups in total. The van der Waals surface area contributed by atoms with Gasteiger partial charge in [0, 0.05) is 25.2 Å². The van der Waals surface area contributed by atoms with E-state index in [9.17, 15) is 23.2 Å². The van der Waals surface area contributed by atoms with Crippen LogP contribution in [0.15, 0.2) is 48.7 Å². The maximum Gasteiger partial charge on any atom is 0.248 e. The third-order valence-electron chi connectivity index (χ3n) is 9.15. The number of hydrogen-bond acceptors (Lipinski definition) is 7. The number of hydrogen-bond donors (Lipinski definition) is 2. The average Bonchev–Trinajstić information content (AvgIpc) is 3.36. The number of amides is 2. The molecule has 1 aromatic heterocycles.